The van der Waals surface area contributed by atoms with Gasteiger partial charge in [-0.3, -0.25) is 9.52 Å². The van der Waals surface area contributed by atoms with Crippen LogP contribution >= 0.6 is 0 Å². The number of aromatic carboxylic acids is 1. The Morgan fingerprint density at radius 2 is 1.68 bits per heavy atom. The predicted molar refractivity (Wildman–Crippen MR) is 94.4 cm³/mol. The van der Waals surface area contributed by atoms with Crippen LogP contribution in [0.15, 0.2) is 41.3 Å². The van der Waals surface area contributed by atoms with Gasteiger partial charge in [0.1, 0.15) is 0 Å². The average Bonchev–Trinajstić information content (AvgIpc) is 2.50. The fraction of sp³-hybridized carbons (Fsp3) is 0.176. The van der Waals surface area contributed by atoms with Gasteiger partial charge in [-0.15, -0.1) is 0 Å². The van der Waals surface area contributed by atoms with Crippen LogP contribution in [0.25, 0.3) is 0 Å². The molecule has 0 radical (unpaired) electrons. The van der Waals surface area contributed by atoms with E-state index >= 15 is 0 Å². The molecule has 0 saturated carbocycles. The fourth-order valence-electron chi connectivity index (χ4n) is 2.29. The van der Waals surface area contributed by atoms with E-state index in [0.717, 1.165) is 6.07 Å². The van der Waals surface area contributed by atoms with Crippen LogP contribution in [0, 0.1) is 13.8 Å². The third-order valence-corrected chi connectivity index (χ3v) is 5.12. The van der Waals surface area contributed by atoms with Gasteiger partial charge < -0.3 is 10.4 Å². The molecule has 0 fully saturated rings. The molecular formula is C17H18N2O5S. The highest BCUT2D eigenvalue weighted by atomic mass is 32.2. The first-order valence-corrected chi connectivity index (χ1v) is 8.84. The molecule has 0 bridgehead atoms. The van der Waals surface area contributed by atoms with Crippen LogP contribution in [0.2, 0.25) is 0 Å². The molecule has 8 heteroatoms. The molecule has 2 rings (SSSR count). The number of hydrogen-bond donors (Lipinski definition) is 3. The number of carbonyl (C=O) groups is 2. The number of nitrogens with one attached hydrogen (secondary N) is 2. The summed E-state index contributed by atoms with van der Waals surface area (Å²) < 4.78 is 27.8. The zero-order chi connectivity index (χ0) is 18.8. The highest BCUT2D eigenvalue weighted by Gasteiger charge is 2.20. The van der Waals surface area contributed by atoms with Crippen LogP contribution in [0.4, 0.5) is 11.4 Å². The van der Waals surface area contributed by atoms with E-state index in [1.165, 1.54) is 19.1 Å². The third-order valence-electron chi connectivity index (χ3n) is 3.61. The van der Waals surface area contributed by atoms with Crippen molar-refractivity contribution in [3.8, 4) is 0 Å². The largest absolute Gasteiger partial charge is 0.478 e. The van der Waals surface area contributed by atoms with E-state index in [2.05, 4.69) is 10.0 Å². The molecule has 7 nitrogen and oxygen atoms in total. The highest BCUT2D eigenvalue weighted by Crippen LogP contribution is 2.27. The van der Waals surface area contributed by atoms with Crippen molar-refractivity contribution in [1.29, 1.82) is 0 Å². The maximum absolute atomic E-state index is 12.7. The van der Waals surface area contributed by atoms with Gasteiger partial charge in [-0.2, -0.15) is 0 Å². The normalized spacial score (nSPS) is 11.0. The topological polar surface area (TPSA) is 113 Å². The number of benzene rings is 2. The van der Waals surface area contributed by atoms with E-state index in [-0.39, 0.29) is 16.4 Å². The summed E-state index contributed by atoms with van der Waals surface area (Å²) in [6, 6.07) is 8.74. The number of aryl methyl sites for hydroxylation is 1. The Balaban J connectivity index is 2.45. The summed E-state index contributed by atoms with van der Waals surface area (Å²) in [4.78, 5) is 22.2. The molecule has 132 valence electrons. The van der Waals surface area contributed by atoms with Crippen LogP contribution in [0.1, 0.15) is 28.4 Å². The van der Waals surface area contributed by atoms with Gasteiger partial charge in [0.15, 0.2) is 0 Å². The number of anilines is 2. The van der Waals surface area contributed by atoms with E-state index in [1.54, 1.807) is 32.0 Å². The van der Waals surface area contributed by atoms with Crippen molar-refractivity contribution in [2.24, 2.45) is 0 Å². The summed E-state index contributed by atoms with van der Waals surface area (Å²) in [6.07, 6.45) is 0. The van der Waals surface area contributed by atoms with Crippen molar-refractivity contribution in [1.82, 2.24) is 0 Å². The van der Waals surface area contributed by atoms with Crippen molar-refractivity contribution in [2.45, 2.75) is 25.7 Å². The Bertz CT molecular complexity index is 952. The number of carboxylic acid groups (broad SMARTS) is 1. The molecule has 0 aliphatic rings. The van der Waals surface area contributed by atoms with E-state index in [9.17, 15) is 18.0 Å². The number of amides is 1. The summed E-state index contributed by atoms with van der Waals surface area (Å²) in [6.45, 7) is 4.61. The first-order valence-electron chi connectivity index (χ1n) is 7.36. The van der Waals surface area contributed by atoms with E-state index in [0.29, 0.717) is 22.5 Å². The molecule has 0 aromatic heterocycles. The minimum Gasteiger partial charge on any atom is -0.478 e. The van der Waals surface area contributed by atoms with Gasteiger partial charge in [0.05, 0.1) is 16.1 Å². The molecule has 0 aliphatic heterocycles. The molecule has 0 atom stereocenters. The van der Waals surface area contributed by atoms with Crippen molar-refractivity contribution in [3.63, 3.8) is 0 Å². The molecule has 0 spiro atoms. The number of carbonyl (C=O) groups excluding carboxylic acids is 1. The Hall–Kier alpha value is -2.87. The third kappa shape index (κ3) is 4.16. The average molecular weight is 362 g/mol. The lowest BCUT2D eigenvalue weighted by Crippen LogP contribution is -2.16. The summed E-state index contributed by atoms with van der Waals surface area (Å²) in [5.41, 5.74) is 1.64. The molecule has 2 aromatic carbocycles. The van der Waals surface area contributed by atoms with E-state index < -0.39 is 16.0 Å². The summed E-state index contributed by atoms with van der Waals surface area (Å²) in [7, 11) is -3.99. The zero-order valence-electron chi connectivity index (χ0n) is 14.0. The predicted octanol–water partition coefficient (Wildman–Crippen LogP) is 2.76. The number of hydrogen-bond acceptors (Lipinski definition) is 4. The number of rotatable bonds is 5. The van der Waals surface area contributed by atoms with Crippen molar-refractivity contribution >= 4 is 33.3 Å². The Morgan fingerprint density at radius 1 is 1.04 bits per heavy atom. The second kappa shape index (κ2) is 6.94. The maximum atomic E-state index is 12.7. The molecule has 2 aromatic rings. The van der Waals surface area contributed by atoms with Crippen LogP contribution in [-0.4, -0.2) is 25.4 Å². The number of sulfonamides is 1. The van der Waals surface area contributed by atoms with E-state index in [4.69, 9.17) is 5.11 Å². The summed E-state index contributed by atoms with van der Waals surface area (Å²) >= 11 is 0. The first kappa shape index (κ1) is 18.5. The quantitative estimate of drug-likeness (QED) is 0.757. The highest BCUT2D eigenvalue weighted by molar-refractivity contribution is 7.92. The minimum atomic E-state index is -3.99. The van der Waals surface area contributed by atoms with Gasteiger partial charge in [-0.1, -0.05) is 12.1 Å². The maximum Gasteiger partial charge on any atom is 0.335 e. The SMILES string of the molecule is CC(=O)Nc1cccc(NS(=O)(=O)c2cc(C(=O)O)ccc2C)c1C. The smallest absolute Gasteiger partial charge is 0.335 e. The Kier molecular flexibility index (Phi) is 5.13. The van der Waals surface area contributed by atoms with Gasteiger partial charge in [-0.05, 0) is 49.2 Å². The molecule has 0 saturated heterocycles. The molecule has 3 N–H and O–H groups in total. The van der Waals surface area contributed by atoms with Crippen LogP contribution in [-0.2, 0) is 14.8 Å². The second-order valence-corrected chi connectivity index (χ2v) is 7.20. The Morgan fingerprint density at radius 3 is 2.28 bits per heavy atom. The molecule has 25 heavy (non-hydrogen) atoms. The van der Waals surface area contributed by atoms with Crippen LogP contribution in [0.5, 0.6) is 0 Å². The first-order chi connectivity index (χ1) is 11.6. The van der Waals surface area contributed by atoms with Crippen LogP contribution < -0.4 is 10.0 Å². The van der Waals surface area contributed by atoms with E-state index in [1.807, 2.05) is 0 Å². The van der Waals surface area contributed by atoms with Gasteiger partial charge in [-0.25, -0.2) is 13.2 Å². The van der Waals surface area contributed by atoms with Gasteiger partial charge >= 0.3 is 5.97 Å². The second-order valence-electron chi connectivity index (χ2n) is 5.55. The van der Waals surface area contributed by atoms with Gasteiger partial charge in [0.25, 0.3) is 10.0 Å². The van der Waals surface area contributed by atoms with Crippen LogP contribution in [0.3, 0.4) is 0 Å². The lowest BCUT2D eigenvalue weighted by atomic mass is 10.1. The molecular weight excluding hydrogens is 344 g/mol. The standard InChI is InChI=1S/C17H18N2O5S/c1-10-7-8-13(17(21)22)9-16(10)25(23,24)19-15-6-4-5-14(11(15)2)18-12(3)20/h4-9,19H,1-3H3,(H,18,20)(H,21,22). The minimum absolute atomic E-state index is 0.114. The Labute approximate surface area is 145 Å². The van der Waals surface area contributed by atoms with Crippen molar-refractivity contribution in [3.05, 3.63) is 53.1 Å². The number of carboxylic acids is 1. The van der Waals surface area contributed by atoms with Gasteiger partial charge in [0, 0.05) is 12.6 Å². The van der Waals surface area contributed by atoms with Crippen molar-refractivity contribution < 1.29 is 23.1 Å². The molecule has 0 heterocycles. The van der Waals surface area contributed by atoms with Crippen molar-refractivity contribution in [2.75, 3.05) is 10.0 Å². The lowest BCUT2D eigenvalue weighted by molar-refractivity contribution is -0.114. The molecule has 0 unspecified atom stereocenters. The zero-order valence-corrected chi connectivity index (χ0v) is 14.8. The van der Waals surface area contributed by atoms with Gasteiger partial charge in [0.2, 0.25) is 5.91 Å². The monoisotopic (exact) mass is 362 g/mol. The molecule has 1 amide bonds. The fourth-order valence-corrected chi connectivity index (χ4v) is 3.69. The summed E-state index contributed by atoms with van der Waals surface area (Å²) in [5, 5.41) is 11.7. The molecule has 0 aliphatic carbocycles. The summed E-state index contributed by atoms with van der Waals surface area (Å²) in [5.74, 6) is -1.48. The lowest BCUT2D eigenvalue weighted by Gasteiger charge is -2.15.